The van der Waals surface area contributed by atoms with Crippen LogP contribution in [0, 0.1) is 34.5 Å². The molecule has 1 aliphatic heterocycles. The number of aliphatic hydroxyl groups is 1. The minimum atomic E-state index is -0.386. The van der Waals surface area contributed by atoms with E-state index >= 15 is 0 Å². The van der Waals surface area contributed by atoms with E-state index in [1.807, 2.05) is 0 Å². The molecule has 5 rings (SSSR count). The molecule has 1 heterocycles. The Morgan fingerprint density at radius 3 is 2.44 bits per heavy atom. The van der Waals surface area contributed by atoms with E-state index in [-0.39, 0.29) is 17.3 Å². The van der Waals surface area contributed by atoms with Crippen LogP contribution in [0.4, 0.5) is 0 Å². The number of alkyl halides is 1. The summed E-state index contributed by atoms with van der Waals surface area (Å²) in [5, 5.41) is 10.2. The van der Waals surface area contributed by atoms with Gasteiger partial charge in [-0.1, -0.05) is 29.8 Å². The smallest absolute Gasteiger partial charge is 0.186 e. The van der Waals surface area contributed by atoms with Gasteiger partial charge in [0.25, 0.3) is 0 Å². The Morgan fingerprint density at radius 2 is 1.68 bits per heavy atom. The standard InChI is InChI=1S/C21H33BrO3/c1-19-7-5-14(23)11-13(19)3-4-15-16(19)6-8-20(2)17(15)12-18(22)21(20)24-9-10-25-21/h13-18,23H,3-12H2,1-2H3/t13-,14-,15+,16-,17-,18+,19-,20-/m1/s1. The zero-order valence-corrected chi connectivity index (χ0v) is 17.3. The maximum Gasteiger partial charge on any atom is 0.186 e. The lowest BCUT2D eigenvalue weighted by atomic mass is 9.45. The average molecular weight is 413 g/mol. The summed E-state index contributed by atoms with van der Waals surface area (Å²) in [5.74, 6) is 2.69. The lowest BCUT2D eigenvalue weighted by Gasteiger charge is -2.61. The Kier molecular flexibility index (Phi) is 3.97. The fraction of sp³-hybridized carbons (Fsp3) is 1.00. The molecule has 142 valence electrons. The predicted octanol–water partition coefficient (Wildman–Crippen LogP) is 4.51. The summed E-state index contributed by atoms with van der Waals surface area (Å²) in [6.45, 7) is 6.51. The number of halogens is 1. The minimum Gasteiger partial charge on any atom is -0.393 e. The molecule has 5 fully saturated rings. The molecule has 0 aromatic rings. The Bertz CT molecular complexity index is 547. The van der Waals surface area contributed by atoms with Gasteiger partial charge >= 0.3 is 0 Å². The molecule has 5 aliphatic rings. The van der Waals surface area contributed by atoms with Crippen LogP contribution >= 0.6 is 15.9 Å². The first-order chi connectivity index (χ1) is 11.9. The van der Waals surface area contributed by atoms with Crippen molar-refractivity contribution in [3.63, 3.8) is 0 Å². The summed E-state index contributed by atoms with van der Waals surface area (Å²) in [4.78, 5) is 0.329. The first-order valence-corrected chi connectivity index (χ1v) is 11.4. The van der Waals surface area contributed by atoms with E-state index in [9.17, 15) is 5.11 Å². The highest BCUT2D eigenvalue weighted by Crippen LogP contribution is 2.70. The molecular weight excluding hydrogens is 380 g/mol. The van der Waals surface area contributed by atoms with Gasteiger partial charge in [-0.3, -0.25) is 0 Å². The number of hydrogen-bond donors (Lipinski definition) is 1. The van der Waals surface area contributed by atoms with Crippen LogP contribution in [-0.2, 0) is 9.47 Å². The lowest BCUT2D eigenvalue weighted by molar-refractivity contribution is -0.244. The third-order valence-corrected chi connectivity index (χ3v) is 10.4. The Morgan fingerprint density at radius 1 is 0.920 bits per heavy atom. The molecule has 1 spiro atoms. The van der Waals surface area contributed by atoms with Crippen molar-refractivity contribution in [1.29, 1.82) is 0 Å². The van der Waals surface area contributed by atoms with Crippen LogP contribution in [0.5, 0.6) is 0 Å². The molecule has 3 nitrogen and oxygen atoms in total. The highest BCUT2D eigenvalue weighted by molar-refractivity contribution is 9.09. The number of ether oxygens (including phenoxy) is 2. The number of hydrogen-bond acceptors (Lipinski definition) is 3. The lowest BCUT2D eigenvalue weighted by Crippen LogP contribution is -2.58. The Hall–Kier alpha value is 0.360. The fourth-order valence-corrected chi connectivity index (χ4v) is 9.29. The van der Waals surface area contributed by atoms with Crippen molar-refractivity contribution in [2.45, 2.75) is 81.9 Å². The van der Waals surface area contributed by atoms with E-state index in [1.165, 1.54) is 38.5 Å². The molecule has 0 radical (unpaired) electrons. The molecular formula is C21H33BrO3. The zero-order chi connectivity index (χ0) is 17.4. The Balaban J connectivity index is 1.47. The van der Waals surface area contributed by atoms with E-state index in [0.29, 0.717) is 16.2 Å². The van der Waals surface area contributed by atoms with Gasteiger partial charge in [-0.15, -0.1) is 0 Å². The first kappa shape index (κ1) is 17.5. The van der Waals surface area contributed by atoms with Gasteiger partial charge in [0.15, 0.2) is 5.79 Å². The fourth-order valence-electron chi connectivity index (χ4n) is 8.10. The summed E-state index contributed by atoms with van der Waals surface area (Å²) in [7, 11) is 0. The van der Waals surface area contributed by atoms with Crippen LogP contribution < -0.4 is 0 Å². The Labute approximate surface area is 160 Å². The van der Waals surface area contributed by atoms with Crippen molar-refractivity contribution in [2.75, 3.05) is 13.2 Å². The molecule has 4 aliphatic carbocycles. The van der Waals surface area contributed by atoms with Gasteiger partial charge < -0.3 is 14.6 Å². The number of rotatable bonds is 0. The van der Waals surface area contributed by atoms with Gasteiger partial charge in [0.1, 0.15) is 0 Å². The van der Waals surface area contributed by atoms with E-state index in [2.05, 4.69) is 29.8 Å². The van der Waals surface area contributed by atoms with Crippen molar-refractivity contribution >= 4 is 15.9 Å². The maximum atomic E-state index is 10.2. The molecule has 25 heavy (non-hydrogen) atoms. The maximum absolute atomic E-state index is 10.2. The van der Waals surface area contributed by atoms with E-state index < -0.39 is 0 Å². The predicted molar refractivity (Wildman–Crippen MR) is 100 cm³/mol. The summed E-state index contributed by atoms with van der Waals surface area (Å²) in [6.07, 6.45) is 9.61. The zero-order valence-electron chi connectivity index (χ0n) is 15.7. The summed E-state index contributed by atoms with van der Waals surface area (Å²) in [5.41, 5.74) is 0.592. The third kappa shape index (κ3) is 2.14. The van der Waals surface area contributed by atoms with Crippen LogP contribution in [0.2, 0.25) is 0 Å². The minimum absolute atomic E-state index is 0.0505. The van der Waals surface area contributed by atoms with Gasteiger partial charge in [0.2, 0.25) is 0 Å². The van der Waals surface area contributed by atoms with Gasteiger partial charge in [-0.2, -0.15) is 0 Å². The summed E-state index contributed by atoms with van der Waals surface area (Å²) >= 11 is 3.97. The molecule has 0 bridgehead atoms. The summed E-state index contributed by atoms with van der Waals surface area (Å²) < 4.78 is 12.6. The van der Waals surface area contributed by atoms with Crippen molar-refractivity contribution in [3.8, 4) is 0 Å². The molecule has 4 saturated carbocycles. The second-order valence-electron chi connectivity index (χ2n) is 10.1. The first-order valence-electron chi connectivity index (χ1n) is 10.5. The van der Waals surface area contributed by atoms with Crippen LogP contribution in [0.15, 0.2) is 0 Å². The quantitative estimate of drug-likeness (QED) is 0.594. The summed E-state index contributed by atoms with van der Waals surface area (Å²) in [6, 6.07) is 0. The van der Waals surface area contributed by atoms with Crippen LogP contribution in [-0.4, -0.2) is 35.0 Å². The number of fused-ring (bicyclic) bond motifs is 6. The van der Waals surface area contributed by atoms with Crippen LogP contribution in [0.25, 0.3) is 0 Å². The molecule has 0 aromatic carbocycles. The molecule has 1 saturated heterocycles. The molecule has 0 unspecified atom stereocenters. The molecule has 4 heteroatoms. The van der Waals surface area contributed by atoms with Gasteiger partial charge in [-0.05, 0) is 80.5 Å². The normalized spacial score (nSPS) is 57.1. The highest BCUT2D eigenvalue weighted by atomic mass is 79.9. The SMILES string of the molecule is C[C@@]12CC[C@@H](O)C[C@H]1CC[C@H]1[C@H]2CC[C@]2(C)[C@@H]1C[C@H](Br)C21OCCO1. The average Bonchev–Trinajstić information content (AvgIpc) is 3.16. The largest absolute Gasteiger partial charge is 0.393 e. The van der Waals surface area contributed by atoms with E-state index in [1.54, 1.807) is 0 Å². The molecule has 8 atom stereocenters. The third-order valence-electron chi connectivity index (χ3n) is 9.41. The van der Waals surface area contributed by atoms with Crippen molar-refractivity contribution in [1.82, 2.24) is 0 Å². The van der Waals surface area contributed by atoms with Crippen LogP contribution in [0.3, 0.4) is 0 Å². The van der Waals surface area contributed by atoms with Gasteiger partial charge in [-0.25, -0.2) is 0 Å². The van der Waals surface area contributed by atoms with E-state index in [4.69, 9.17) is 9.47 Å². The monoisotopic (exact) mass is 412 g/mol. The molecule has 0 aromatic heterocycles. The van der Waals surface area contributed by atoms with Crippen molar-refractivity contribution in [2.24, 2.45) is 34.5 Å². The van der Waals surface area contributed by atoms with Crippen LogP contribution in [0.1, 0.15) is 65.2 Å². The van der Waals surface area contributed by atoms with Gasteiger partial charge in [0.05, 0.1) is 24.1 Å². The van der Waals surface area contributed by atoms with Crippen molar-refractivity contribution in [3.05, 3.63) is 0 Å². The molecule has 0 amide bonds. The molecule has 1 N–H and O–H groups in total. The number of aliphatic hydroxyl groups excluding tert-OH is 1. The van der Waals surface area contributed by atoms with Crippen molar-refractivity contribution < 1.29 is 14.6 Å². The topological polar surface area (TPSA) is 38.7 Å². The van der Waals surface area contributed by atoms with E-state index in [0.717, 1.165) is 43.8 Å². The second-order valence-corrected chi connectivity index (χ2v) is 11.2. The highest BCUT2D eigenvalue weighted by Gasteiger charge is 2.70. The van der Waals surface area contributed by atoms with Gasteiger partial charge in [0, 0.05) is 5.41 Å². The second kappa shape index (κ2) is 5.68.